The molecule has 0 bridgehead atoms. The molecular formula is C44H57NO7. The maximum absolute atomic E-state index is 7.09. The summed E-state index contributed by atoms with van der Waals surface area (Å²) in [5.41, 5.74) is 10.2. The standard InChI is InChI=1S/C44H57NO7/c1-30-22-25-44(30)41(52-42(44,2)3)34(45)29-49-36-35(46-26-31-16-8-4-9-17-31)37(47-27-32-18-10-5-11-19-32)39-40(51-43(50-39)23-14-7-15-24-43)38(36)48-28-33-20-12-6-13-21-33/h4-6,8-13,16-21,30,34-41H,7,14-15,22-29,45H2,1-3H3/t30-,34-,35+,36?,37?,38?,39+,40?,41-,44?/m0/s1. The molecule has 3 aromatic carbocycles. The quantitative estimate of drug-likeness (QED) is 0.195. The zero-order chi connectivity index (χ0) is 35.8. The van der Waals surface area contributed by atoms with Crippen molar-refractivity contribution < 1.29 is 33.2 Å². The molecule has 2 heterocycles. The first-order valence-electron chi connectivity index (χ1n) is 19.7. The maximum atomic E-state index is 7.09. The SMILES string of the molecule is C[C@H]1CCC12[C@H]([C@@H](N)COC1C(OCc3ccccc3)C3OC4(CCCCC4)O[C@@H]3C(OCc3ccccc3)[C@@H]1OCc1ccccc1)OC2(C)C. The van der Waals surface area contributed by atoms with Crippen molar-refractivity contribution >= 4 is 0 Å². The smallest absolute Gasteiger partial charge is 0.169 e. The summed E-state index contributed by atoms with van der Waals surface area (Å²) in [5, 5.41) is 0. The summed E-state index contributed by atoms with van der Waals surface area (Å²) in [6, 6.07) is 30.5. The molecule has 2 saturated heterocycles. The van der Waals surface area contributed by atoms with E-state index in [1.807, 2.05) is 54.6 Å². The van der Waals surface area contributed by atoms with Crippen LogP contribution in [0, 0.1) is 11.3 Å². The average molecular weight is 712 g/mol. The minimum Gasteiger partial charge on any atom is -0.371 e. The van der Waals surface area contributed by atoms with Gasteiger partial charge in [-0.25, -0.2) is 0 Å². The molecule has 8 heteroatoms. The minimum atomic E-state index is -0.677. The largest absolute Gasteiger partial charge is 0.371 e. The number of hydrogen-bond donors (Lipinski definition) is 1. The molecule has 2 N–H and O–H groups in total. The van der Waals surface area contributed by atoms with E-state index >= 15 is 0 Å². The fourth-order valence-electron chi connectivity index (χ4n) is 9.96. The summed E-state index contributed by atoms with van der Waals surface area (Å²) in [7, 11) is 0. The highest BCUT2D eigenvalue weighted by Crippen LogP contribution is 2.65. The predicted octanol–water partition coefficient (Wildman–Crippen LogP) is 7.51. The molecule has 280 valence electrons. The Bertz CT molecular complexity index is 1580. The van der Waals surface area contributed by atoms with Crippen LogP contribution in [0.3, 0.4) is 0 Å². The number of ether oxygens (including phenoxy) is 7. The summed E-state index contributed by atoms with van der Waals surface area (Å²) in [5.74, 6) is -0.123. The Kier molecular flexibility index (Phi) is 10.6. The normalized spacial score (nSPS) is 35.1. The molecule has 52 heavy (non-hydrogen) atoms. The van der Waals surface area contributed by atoms with Gasteiger partial charge in [0, 0.05) is 18.3 Å². The van der Waals surface area contributed by atoms with Crippen molar-refractivity contribution in [1.29, 1.82) is 0 Å². The molecule has 3 aliphatic carbocycles. The highest BCUT2D eigenvalue weighted by atomic mass is 16.8. The second kappa shape index (κ2) is 15.2. The number of hydrogen-bond acceptors (Lipinski definition) is 8. The molecule has 2 aliphatic heterocycles. The van der Waals surface area contributed by atoms with Gasteiger partial charge in [0.25, 0.3) is 0 Å². The fourth-order valence-corrected chi connectivity index (χ4v) is 9.96. The van der Waals surface area contributed by atoms with Crippen LogP contribution in [0.25, 0.3) is 0 Å². The Morgan fingerprint density at radius 2 is 1.08 bits per heavy atom. The van der Waals surface area contributed by atoms with Gasteiger partial charge in [0.15, 0.2) is 5.79 Å². The third-order valence-corrected chi connectivity index (χ3v) is 12.9. The van der Waals surface area contributed by atoms with Crippen molar-refractivity contribution in [2.45, 2.75) is 146 Å². The lowest BCUT2D eigenvalue weighted by molar-refractivity contribution is -0.362. The van der Waals surface area contributed by atoms with Crippen LogP contribution in [-0.2, 0) is 53.0 Å². The second-order valence-corrected chi connectivity index (χ2v) is 16.4. The van der Waals surface area contributed by atoms with Crippen LogP contribution in [0.5, 0.6) is 0 Å². The number of benzene rings is 3. The van der Waals surface area contributed by atoms with Crippen LogP contribution in [0.15, 0.2) is 91.0 Å². The Morgan fingerprint density at radius 1 is 0.615 bits per heavy atom. The predicted molar refractivity (Wildman–Crippen MR) is 198 cm³/mol. The van der Waals surface area contributed by atoms with Gasteiger partial charge in [-0.05, 0) is 62.1 Å². The van der Waals surface area contributed by atoms with Crippen LogP contribution in [0.4, 0.5) is 0 Å². The first-order valence-corrected chi connectivity index (χ1v) is 19.7. The van der Waals surface area contributed by atoms with Crippen molar-refractivity contribution in [3.05, 3.63) is 108 Å². The monoisotopic (exact) mass is 711 g/mol. The molecule has 3 aromatic rings. The molecule has 10 atom stereocenters. The van der Waals surface area contributed by atoms with E-state index in [9.17, 15) is 0 Å². The molecule has 5 unspecified atom stereocenters. The zero-order valence-electron chi connectivity index (χ0n) is 31.1. The van der Waals surface area contributed by atoms with Gasteiger partial charge in [0.2, 0.25) is 0 Å². The molecule has 8 rings (SSSR count). The van der Waals surface area contributed by atoms with Crippen molar-refractivity contribution in [2.75, 3.05) is 6.61 Å². The maximum Gasteiger partial charge on any atom is 0.169 e. The Balaban J connectivity index is 1.13. The summed E-state index contributed by atoms with van der Waals surface area (Å²) in [6.45, 7) is 8.25. The van der Waals surface area contributed by atoms with Crippen LogP contribution >= 0.6 is 0 Å². The lowest BCUT2D eigenvalue weighted by atomic mass is 9.46. The molecule has 0 amide bonds. The van der Waals surface area contributed by atoms with Gasteiger partial charge in [-0.1, -0.05) is 104 Å². The topological polar surface area (TPSA) is 90.6 Å². The van der Waals surface area contributed by atoms with Gasteiger partial charge in [-0.2, -0.15) is 0 Å². The van der Waals surface area contributed by atoms with Gasteiger partial charge >= 0.3 is 0 Å². The summed E-state index contributed by atoms with van der Waals surface area (Å²) in [4.78, 5) is 0. The molecule has 2 spiro atoms. The highest BCUT2D eigenvalue weighted by molar-refractivity contribution is 5.19. The van der Waals surface area contributed by atoms with E-state index in [0.29, 0.717) is 32.3 Å². The minimum absolute atomic E-state index is 0.0664. The number of rotatable bonds is 13. The van der Waals surface area contributed by atoms with E-state index in [4.69, 9.17) is 38.9 Å². The third kappa shape index (κ3) is 6.90. The van der Waals surface area contributed by atoms with E-state index < -0.39 is 42.4 Å². The average Bonchev–Trinajstić information content (AvgIpc) is 3.52. The van der Waals surface area contributed by atoms with Crippen LogP contribution in [0.2, 0.25) is 0 Å². The van der Waals surface area contributed by atoms with Crippen LogP contribution in [0.1, 0.15) is 82.4 Å². The first-order chi connectivity index (χ1) is 25.3. The zero-order valence-corrected chi connectivity index (χ0v) is 31.1. The first kappa shape index (κ1) is 36.3. The van der Waals surface area contributed by atoms with Crippen molar-refractivity contribution in [1.82, 2.24) is 0 Å². The van der Waals surface area contributed by atoms with Crippen molar-refractivity contribution in [3.8, 4) is 0 Å². The summed E-state index contributed by atoms with van der Waals surface area (Å²) in [6.07, 6.45) is 4.36. The second-order valence-electron chi connectivity index (χ2n) is 16.4. The number of fused-ring (bicyclic) bond motifs is 1. The summed E-state index contributed by atoms with van der Waals surface area (Å²) < 4.78 is 48.6. The van der Waals surface area contributed by atoms with Gasteiger partial charge in [0.05, 0.1) is 44.2 Å². The lowest BCUT2D eigenvalue weighted by Gasteiger charge is -2.70. The number of nitrogens with two attached hydrogens (primary N) is 1. The van der Waals surface area contributed by atoms with Gasteiger partial charge in [0.1, 0.15) is 36.6 Å². The fraction of sp³-hybridized carbons (Fsp3) is 0.591. The Hall–Kier alpha value is -2.66. The molecule has 5 fully saturated rings. The van der Waals surface area contributed by atoms with E-state index in [1.165, 1.54) is 12.8 Å². The van der Waals surface area contributed by atoms with E-state index in [-0.39, 0.29) is 23.2 Å². The third-order valence-electron chi connectivity index (χ3n) is 12.9. The van der Waals surface area contributed by atoms with Gasteiger partial charge < -0.3 is 38.9 Å². The molecule has 3 saturated carbocycles. The lowest BCUT2D eigenvalue weighted by Crippen LogP contribution is -2.77. The molecule has 5 aliphatic rings. The Morgan fingerprint density at radius 3 is 1.50 bits per heavy atom. The van der Waals surface area contributed by atoms with E-state index in [2.05, 4.69) is 57.2 Å². The van der Waals surface area contributed by atoms with Gasteiger partial charge in [-0.3, -0.25) is 0 Å². The highest BCUT2D eigenvalue weighted by Gasteiger charge is 2.69. The molecule has 8 nitrogen and oxygen atoms in total. The van der Waals surface area contributed by atoms with Crippen molar-refractivity contribution in [2.24, 2.45) is 17.1 Å². The van der Waals surface area contributed by atoms with Crippen molar-refractivity contribution in [3.63, 3.8) is 0 Å². The van der Waals surface area contributed by atoms with E-state index in [0.717, 1.165) is 48.8 Å². The Labute approximate surface area is 309 Å². The molecule has 0 aromatic heterocycles. The van der Waals surface area contributed by atoms with Gasteiger partial charge in [-0.15, -0.1) is 0 Å². The summed E-state index contributed by atoms with van der Waals surface area (Å²) >= 11 is 0. The molecule has 0 radical (unpaired) electrons. The van der Waals surface area contributed by atoms with Crippen LogP contribution < -0.4 is 5.73 Å². The van der Waals surface area contributed by atoms with Crippen LogP contribution in [-0.4, -0.2) is 66.8 Å². The van der Waals surface area contributed by atoms with E-state index in [1.54, 1.807) is 0 Å². The molecular weight excluding hydrogens is 654 g/mol.